The van der Waals surface area contributed by atoms with Crippen LogP contribution in [-0.2, 0) is 15.9 Å². The highest BCUT2D eigenvalue weighted by molar-refractivity contribution is 6.62. The molecule has 3 N–H and O–H groups in total. The van der Waals surface area contributed by atoms with Crippen LogP contribution in [0.4, 0.5) is 10.5 Å². The van der Waals surface area contributed by atoms with Crippen LogP contribution in [0.5, 0.6) is 5.75 Å². The number of carbonyl (C=O) groups excluding carboxylic acids is 1. The van der Waals surface area contributed by atoms with E-state index in [1.807, 2.05) is 76.4 Å². The van der Waals surface area contributed by atoms with Crippen molar-refractivity contribution in [3.63, 3.8) is 0 Å². The van der Waals surface area contributed by atoms with Crippen molar-refractivity contribution in [2.24, 2.45) is 5.22 Å². The van der Waals surface area contributed by atoms with Gasteiger partial charge in [-0.05, 0) is 57.8 Å². The maximum Gasteiger partial charge on any atom is 0.494 e. The van der Waals surface area contributed by atoms with Crippen molar-refractivity contribution in [3.05, 3.63) is 53.6 Å². The topological polar surface area (TPSA) is 105 Å². The van der Waals surface area contributed by atoms with Gasteiger partial charge in [-0.15, -0.1) is 0 Å². The van der Waals surface area contributed by atoms with Crippen molar-refractivity contribution >= 4 is 24.3 Å². The Balaban J connectivity index is 1.70. The van der Waals surface area contributed by atoms with E-state index in [0.29, 0.717) is 5.69 Å². The van der Waals surface area contributed by atoms with Gasteiger partial charge in [0.15, 0.2) is 0 Å². The zero-order valence-electron chi connectivity index (χ0n) is 17.9. The molecule has 0 bridgehead atoms. The molecule has 0 aliphatic carbocycles. The molecule has 8 nitrogen and oxygen atoms in total. The number of para-hydroxylation sites is 1. The van der Waals surface area contributed by atoms with Gasteiger partial charge in [0.2, 0.25) is 0 Å². The minimum atomic E-state index is -0.583. The first-order valence-corrected chi connectivity index (χ1v) is 9.73. The molecule has 0 spiro atoms. The Morgan fingerprint density at radius 1 is 1.13 bits per heavy atom. The SMILES string of the molecule is Cc1cc(B2OC(C)(C)C(C)(C)O2)ccc1OCc1ccccc1NC(=O)NN=N. The maximum atomic E-state index is 11.6. The molecule has 3 rings (SSSR count). The van der Waals surface area contributed by atoms with Gasteiger partial charge < -0.3 is 19.4 Å². The molecule has 1 aliphatic heterocycles. The first kappa shape index (κ1) is 21.8. The smallest absolute Gasteiger partial charge is 0.489 e. The van der Waals surface area contributed by atoms with Crippen LogP contribution in [0.3, 0.4) is 0 Å². The predicted octanol–water partition coefficient (Wildman–Crippen LogP) is 3.94. The average molecular weight is 410 g/mol. The molecule has 2 aromatic rings. The first-order chi connectivity index (χ1) is 14.1. The Bertz CT molecular complexity index is 932. The standard InChI is InChI=1S/C21H27BN4O4/c1-14-12-16(22-29-20(2,3)21(4,5)30-22)10-11-18(14)28-13-15-8-6-7-9-17(15)24-19(27)25-26-23/h6-12H,13H2,1-5H3,(H3,23,24,25,27). The number of hydrogen-bond acceptors (Lipinski definition) is 6. The monoisotopic (exact) mass is 410 g/mol. The second-order valence-corrected chi connectivity index (χ2v) is 8.24. The molecule has 2 amide bonds. The Kier molecular flexibility index (Phi) is 6.14. The highest BCUT2D eigenvalue weighted by Gasteiger charge is 2.51. The summed E-state index contributed by atoms with van der Waals surface area (Å²) in [5.41, 5.74) is 11.2. The highest BCUT2D eigenvalue weighted by atomic mass is 16.7. The van der Waals surface area contributed by atoms with Gasteiger partial charge in [-0.3, -0.25) is 0 Å². The third-order valence-corrected chi connectivity index (χ3v) is 5.53. The molecule has 0 aromatic heterocycles. The largest absolute Gasteiger partial charge is 0.494 e. The third kappa shape index (κ3) is 4.63. The van der Waals surface area contributed by atoms with Crippen molar-refractivity contribution in [3.8, 4) is 5.75 Å². The zero-order chi connectivity index (χ0) is 21.9. The summed E-state index contributed by atoms with van der Waals surface area (Å²) < 4.78 is 18.2. The van der Waals surface area contributed by atoms with E-state index in [0.717, 1.165) is 22.3 Å². The van der Waals surface area contributed by atoms with Crippen LogP contribution in [-0.4, -0.2) is 24.4 Å². The molecule has 9 heteroatoms. The molecule has 0 atom stereocenters. The fourth-order valence-corrected chi connectivity index (χ4v) is 3.08. The summed E-state index contributed by atoms with van der Waals surface area (Å²) in [6, 6.07) is 12.6. The normalized spacial score (nSPS) is 16.8. The van der Waals surface area contributed by atoms with Crippen molar-refractivity contribution < 1.29 is 18.8 Å². The number of amides is 2. The lowest BCUT2D eigenvalue weighted by Crippen LogP contribution is -2.41. The summed E-state index contributed by atoms with van der Waals surface area (Å²) in [5, 5.41) is 5.51. The number of anilines is 1. The summed E-state index contributed by atoms with van der Waals surface area (Å²) in [5.74, 6) is 0.732. The van der Waals surface area contributed by atoms with Crippen LogP contribution in [0.25, 0.3) is 0 Å². The van der Waals surface area contributed by atoms with Crippen LogP contribution in [0.15, 0.2) is 47.7 Å². The van der Waals surface area contributed by atoms with E-state index in [1.54, 1.807) is 6.07 Å². The third-order valence-electron chi connectivity index (χ3n) is 5.53. The van der Waals surface area contributed by atoms with Gasteiger partial charge in [-0.1, -0.05) is 35.6 Å². The molecule has 2 aromatic carbocycles. The van der Waals surface area contributed by atoms with Gasteiger partial charge in [0.05, 0.1) is 11.2 Å². The summed E-state index contributed by atoms with van der Waals surface area (Å²) >= 11 is 0. The van der Waals surface area contributed by atoms with Crippen molar-refractivity contribution in [1.82, 2.24) is 5.43 Å². The molecule has 0 radical (unpaired) electrons. The summed E-state index contributed by atoms with van der Waals surface area (Å²) in [6.45, 7) is 10.4. The Labute approximate surface area is 176 Å². The number of urea groups is 1. The first-order valence-electron chi connectivity index (χ1n) is 9.73. The molecule has 1 fully saturated rings. The lowest BCUT2D eigenvalue weighted by molar-refractivity contribution is 0.00578. The fourth-order valence-electron chi connectivity index (χ4n) is 3.08. The van der Waals surface area contributed by atoms with Crippen molar-refractivity contribution in [2.45, 2.75) is 52.4 Å². The molecular formula is C21H27BN4O4. The number of benzene rings is 2. The number of nitrogens with one attached hydrogen (secondary N) is 3. The van der Waals surface area contributed by atoms with Gasteiger partial charge in [0.1, 0.15) is 12.4 Å². The molecule has 0 unspecified atom stereocenters. The molecule has 1 saturated heterocycles. The van der Waals surface area contributed by atoms with Crippen LogP contribution in [0.2, 0.25) is 0 Å². The molecule has 0 saturated carbocycles. The van der Waals surface area contributed by atoms with Crippen molar-refractivity contribution in [1.29, 1.82) is 5.53 Å². The Hall–Kier alpha value is -2.91. The van der Waals surface area contributed by atoms with Crippen LogP contribution < -0.4 is 20.9 Å². The van der Waals surface area contributed by atoms with E-state index in [4.69, 9.17) is 19.6 Å². The van der Waals surface area contributed by atoms with E-state index in [2.05, 4.69) is 10.5 Å². The number of ether oxygens (including phenoxy) is 1. The predicted molar refractivity (Wildman–Crippen MR) is 115 cm³/mol. The summed E-state index contributed by atoms with van der Waals surface area (Å²) in [6.07, 6.45) is 0. The minimum absolute atomic E-state index is 0.269. The van der Waals surface area contributed by atoms with E-state index in [9.17, 15) is 4.79 Å². The molecule has 158 valence electrons. The average Bonchev–Trinajstić information content (AvgIpc) is 2.89. The number of nitrogens with zero attached hydrogens (tertiary/aromatic N) is 1. The van der Waals surface area contributed by atoms with Crippen LogP contribution in [0.1, 0.15) is 38.8 Å². The highest BCUT2D eigenvalue weighted by Crippen LogP contribution is 2.36. The number of carbonyl (C=O) groups is 1. The minimum Gasteiger partial charge on any atom is -0.489 e. The van der Waals surface area contributed by atoms with Gasteiger partial charge in [0.25, 0.3) is 0 Å². The molecule has 1 heterocycles. The van der Waals surface area contributed by atoms with E-state index >= 15 is 0 Å². The van der Waals surface area contributed by atoms with Crippen molar-refractivity contribution in [2.75, 3.05) is 5.32 Å². The molecule has 1 aliphatic rings. The van der Waals surface area contributed by atoms with Crippen LogP contribution in [0, 0.1) is 12.5 Å². The maximum absolute atomic E-state index is 11.6. The van der Waals surface area contributed by atoms with Crippen LogP contribution >= 0.6 is 0 Å². The van der Waals surface area contributed by atoms with E-state index < -0.39 is 24.4 Å². The lowest BCUT2D eigenvalue weighted by atomic mass is 9.78. The lowest BCUT2D eigenvalue weighted by Gasteiger charge is -2.32. The molecule has 30 heavy (non-hydrogen) atoms. The Morgan fingerprint density at radius 2 is 1.80 bits per heavy atom. The quantitative estimate of drug-likeness (QED) is 0.381. The van der Waals surface area contributed by atoms with E-state index in [-0.39, 0.29) is 6.61 Å². The summed E-state index contributed by atoms with van der Waals surface area (Å²) in [7, 11) is -0.423. The van der Waals surface area contributed by atoms with Gasteiger partial charge in [-0.2, -0.15) is 5.53 Å². The number of hydrogen-bond donors (Lipinski definition) is 3. The van der Waals surface area contributed by atoms with Gasteiger partial charge in [0, 0.05) is 11.3 Å². The summed E-state index contributed by atoms with van der Waals surface area (Å²) in [4.78, 5) is 11.6. The number of rotatable bonds is 6. The van der Waals surface area contributed by atoms with Gasteiger partial charge >= 0.3 is 13.1 Å². The molecular weight excluding hydrogens is 383 g/mol. The van der Waals surface area contributed by atoms with E-state index in [1.165, 1.54) is 0 Å². The second-order valence-electron chi connectivity index (χ2n) is 8.24. The number of aryl methyl sites for hydroxylation is 1. The Morgan fingerprint density at radius 3 is 2.43 bits per heavy atom. The zero-order valence-corrected chi connectivity index (χ0v) is 17.9. The van der Waals surface area contributed by atoms with Gasteiger partial charge in [-0.25, -0.2) is 10.2 Å². The second kappa shape index (κ2) is 8.45. The fraction of sp³-hybridized carbons (Fsp3) is 0.381.